The molecule has 0 atom stereocenters. The van der Waals surface area contributed by atoms with Crippen molar-refractivity contribution in [3.8, 4) is 0 Å². The van der Waals surface area contributed by atoms with Crippen molar-refractivity contribution in [1.82, 2.24) is 9.38 Å². The summed E-state index contributed by atoms with van der Waals surface area (Å²) in [5, 5.41) is 3.54. The Balaban J connectivity index is 2.07. The summed E-state index contributed by atoms with van der Waals surface area (Å²) >= 11 is 9.67. The zero-order valence-corrected chi connectivity index (χ0v) is 16.0. The van der Waals surface area contributed by atoms with Gasteiger partial charge < -0.3 is 5.32 Å². The van der Waals surface area contributed by atoms with Crippen LogP contribution in [0.25, 0.3) is 5.65 Å². The Morgan fingerprint density at radius 3 is 2.75 bits per heavy atom. The lowest BCUT2D eigenvalue weighted by Gasteiger charge is -2.09. The first-order valence-electron chi connectivity index (χ1n) is 7.65. The number of hydrogen-bond donors (Lipinski definition) is 1. The zero-order valence-electron chi connectivity index (χ0n) is 13.7. The van der Waals surface area contributed by atoms with Crippen LogP contribution >= 0.6 is 27.5 Å². The number of nitrogens with zero attached hydrogens (tertiary/aromatic N) is 2. The number of imidazole rings is 1. The number of rotatable bonds is 3. The van der Waals surface area contributed by atoms with E-state index in [9.17, 15) is 4.79 Å². The van der Waals surface area contributed by atoms with Crippen molar-refractivity contribution in [2.45, 2.75) is 27.2 Å². The fourth-order valence-corrected chi connectivity index (χ4v) is 3.45. The van der Waals surface area contributed by atoms with Gasteiger partial charge in [0.15, 0.2) is 5.65 Å². The van der Waals surface area contributed by atoms with Crippen LogP contribution in [0.15, 0.2) is 34.9 Å². The number of anilines is 1. The van der Waals surface area contributed by atoms with Crippen LogP contribution in [-0.2, 0) is 6.42 Å². The predicted molar refractivity (Wildman–Crippen MR) is 101 cm³/mol. The molecule has 0 spiro atoms. The van der Waals surface area contributed by atoms with Gasteiger partial charge in [0.1, 0.15) is 5.69 Å². The number of pyridine rings is 1. The monoisotopic (exact) mass is 405 g/mol. The lowest BCUT2D eigenvalue weighted by Crippen LogP contribution is -2.16. The van der Waals surface area contributed by atoms with Crippen LogP contribution in [0.2, 0.25) is 5.02 Å². The highest BCUT2D eigenvalue weighted by Crippen LogP contribution is 2.25. The van der Waals surface area contributed by atoms with Gasteiger partial charge in [0, 0.05) is 16.9 Å². The molecule has 4 nitrogen and oxygen atoms in total. The molecular weight excluding hydrogens is 390 g/mol. The van der Waals surface area contributed by atoms with Gasteiger partial charge >= 0.3 is 0 Å². The summed E-state index contributed by atoms with van der Waals surface area (Å²) in [5.74, 6) is -0.197. The number of hydrogen-bond acceptors (Lipinski definition) is 2. The molecule has 3 rings (SSSR count). The second-order valence-electron chi connectivity index (χ2n) is 5.74. The highest BCUT2D eigenvalue weighted by Gasteiger charge is 2.20. The van der Waals surface area contributed by atoms with E-state index < -0.39 is 0 Å². The minimum absolute atomic E-state index is 0.197. The van der Waals surface area contributed by atoms with Crippen LogP contribution in [-0.4, -0.2) is 15.3 Å². The smallest absolute Gasteiger partial charge is 0.274 e. The van der Waals surface area contributed by atoms with Crippen molar-refractivity contribution < 1.29 is 4.79 Å². The Kier molecular flexibility index (Phi) is 4.65. The van der Waals surface area contributed by atoms with Gasteiger partial charge in [0.25, 0.3) is 5.91 Å². The molecule has 2 aromatic heterocycles. The van der Waals surface area contributed by atoms with E-state index in [0.717, 1.165) is 26.9 Å². The third-order valence-corrected chi connectivity index (χ3v) is 4.85. The number of halogens is 2. The molecule has 1 aromatic carbocycles. The van der Waals surface area contributed by atoms with Gasteiger partial charge in [0.05, 0.1) is 10.2 Å². The number of carbonyl (C=O) groups is 1. The van der Waals surface area contributed by atoms with Gasteiger partial charge in [0.2, 0.25) is 0 Å². The summed E-state index contributed by atoms with van der Waals surface area (Å²) in [5.41, 5.74) is 4.73. The number of nitrogens with one attached hydrogen (secondary N) is 1. The summed E-state index contributed by atoms with van der Waals surface area (Å²) < 4.78 is 2.71. The molecule has 0 aliphatic rings. The van der Waals surface area contributed by atoms with Crippen LogP contribution < -0.4 is 5.32 Å². The van der Waals surface area contributed by atoms with E-state index in [4.69, 9.17) is 11.6 Å². The number of aromatic nitrogens is 2. The van der Waals surface area contributed by atoms with Crippen LogP contribution in [0, 0.1) is 13.8 Å². The van der Waals surface area contributed by atoms with Gasteiger partial charge in [-0.3, -0.25) is 9.20 Å². The fourth-order valence-electron chi connectivity index (χ4n) is 2.63. The van der Waals surface area contributed by atoms with E-state index in [0.29, 0.717) is 22.8 Å². The highest BCUT2D eigenvalue weighted by atomic mass is 79.9. The van der Waals surface area contributed by atoms with E-state index in [2.05, 4.69) is 26.2 Å². The molecule has 0 saturated heterocycles. The lowest BCUT2D eigenvalue weighted by molar-refractivity contribution is 0.102. The SMILES string of the molecule is CCc1nc2c(Br)cc(C)cn2c1C(=O)Nc1ccc(C)c(Cl)c1. The summed E-state index contributed by atoms with van der Waals surface area (Å²) in [7, 11) is 0. The van der Waals surface area contributed by atoms with Gasteiger partial charge in [-0.1, -0.05) is 24.6 Å². The standard InChI is InChI=1S/C18H17BrClN3O/c1-4-15-16(23-9-10(2)7-13(19)17(23)22-15)18(24)21-12-6-5-11(3)14(20)8-12/h5-9H,4H2,1-3H3,(H,21,24). The van der Waals surface area contributed by atoms with Crippen molar-refractivity contribution in [1.29, 1.82) is 0 Å². The lowest BCUT2D eigenvalue weighted by atomic mass is 10.2. The molecule has 1 amide bonds. The van der Waals surface area contributed by atoms with Gasteiger partial charge in [-0.25, -0.2) is 4.98 Å². The molecule has 124 valence electrons. The molecule has 0 unspecified atom stereocenters. The van der Waals surface area contributed by atoms with E-state index in [1.54, 1.807) is 6.07 Å². The Morgan fingerprint density at radius 2 is 2.08 bits per heavy atom. The molecule has 0 bridgehead atoms. The maximum Gasteiger partial charge on any atom is 0.274 e. The number of fused-ring (bicyclic) bond motifs is 1. The Bertz CT molecular complexity index is 949. The second kappa shape index (κ2) is 6.57. The van der Waals surface area contributed by atoms with E-state index in [1.165, 1.54) is 0 Å². The molecule has 1 N–H and O–H groups in total. The predicted octanol–water partition coefficient (Wildman–Crippen LogP) is 5.18. The third kappa shape index (κ3) is 3.06. The quantitative estimate of drug-likeness (QED) is 0.651. The van der Waals surface area contributed by atoms with Gasteiger partial charge in [-0.05, 0) is 65.5 Å². The molecule has 0 aliphatic carbocycles. The topological polar surface area (TPSA) is 46.4 Å². The first-order valence-corrected chi connectivity index (χ1v) is 8.82. The van der Waals surface area contributed by atoms with Gasteiger partial charge in [-0.2, -0.15) is 0 Å². The maximum absolute atomic E-state index is 12.9. The van der Waals surface area contributed by atoms with Gasteiger partial charge in [-0.15, -0.1) is 0 Å². The summed E-state index contributed by atoms with van der Waals surface area (Å²) in [4.78, 5) is 17.5. The molecule has 0 radical (unpaired) electrons. The number of amides is 1. The Morgan fingerprint density at radius 1 is 1.33 bits per heavy atom. The van der Waals surface area contributed by atoms with Crippen molar-refractivity contribution in [2.75, 3.05) is 5.32 Å². The average molecular weight is 407 g/mol. The number of aryl methyl sites for hydroxylation is 3. The molecule has 0 fully saturated rings. The molecule has 2 heterocycles. The van der Waals surface area contributed by atoms with Crippen LogP contribution in [0.5, 0.6) is 0 Å². The Hall–Kier alpha value is -1.85. The molecule has 3 aromatic rings. The van der Waals surface area contributed by atoms with Crippen molar-refractivity contribution in [3.05, 3.63) is 62.5 Å². The first kappa shape index (κ1) is 17.0. The Labute approximate surface area is 154 Å². The first-order chi connectivity index (χ1) is 11.4. The number of benzene rings is 1. The molecule has 0 saturated carbocycles. The van der Waals surface area contributed by atoms with Crippen LogP contribution in [0.3, 0.4) is 0 Å². The second-order valence-corrected chi connectivity index (χ2v) is 7.00. The minimum Gasteiger partial charge on any atom is -0.321 e. The summed E-state index contributed by atoms with van der Waals surface area (Å²) in [6.07, 6.45) is 2.59. The van der Waals surface area contributed by atoms with E-state index in [1.807, 2.05) is 49.6 Å². The minimum atomic E-state index is -0.197. The average Bonchev–Trinajstić information content (AvgIpc) is 2.89. The molecule has 0 aliphatic heterocycles. The van der Waals surface area contributed by atoms with Crippen molar-refractivity contribution in [3.63, 3.8) is 0 Å². The number of carbonyl (C=O) groups excluding carboxylic acids is 1. The molecule has 24 heavy (non-hydrogen) atoms. The zero-order chi connectivity index (χ0) is 17.4. The highest BCUT2D eigenvalue weighted by molar-refractivity contribution is 9.10. The van der Waals surface area contributed by atoms with Crippen LogP contribution in [0.4, 0.5) is 5.69 Å². The van der Waals surface area contributed by atoms with Crippen molar-refractivity contribution >= 4 is 44.8 Å². The third-order valence-electron chi connectivity index (χ3n) is 3.86. The molecular formula is C18H17BrClN3O. The molecule has 6 heteroatoms. The van der Waals surface area contributed by atoms with Crippen molar-refractivity contribution in [2.24, 2.45) is 0 Å². The maximum atomic E-state index is 12.9. The summed E-state index contributed by atoms with van der Waals surface area (Å²) in [6.45, 7) is 5.90. The largest absolute Gasteiger partial charge is 0.321 e. The fraction of sp³-hybridized carbons (Fsp3) is 0.222. The summed E-state index contributed by atoms with van der Waals surface area (Å²) in [6, 6.07) is 7.47. The van der Waals surface area contributed by atoms with E-state index in [-0.39, 0.29) is 5.91 Å². The normalized spacial score (nSPS) is 11.0. The van der Waals surface area contributed by atoms with Crippen LogP contribution in [0.1, 0.15) is 34.2 Å². The van der Waals surface area contributed by atoms with E-state index >= 15 is 0 Å².